The van der Waals surface area contributed by atoms with E-state index in [0.717, 1.165) is 32.6 Å². The van der Waals surface area contributed by atoms with Crippen LogP contribution < -0.4 is 20.3 Å². The number of hydrogen-bond acceptors (Lipinski definition) is 9. The molecule has 0 saturated carbocycles. The summed E-state index contributed by atoms with van der Waals surface area (Å²) in [4.78, 5) is 31.6. The lowest BCUT2D eigenvalue weighted by Crippen LogP contribution is -2.39. The molecule has 0 bridgehead atoms. The summed E-state index contributed by atoms with van der Waals surface area (Å²) in [7, 11) is 0. The number of benzene rings is 2. The van der Waals surface area contributed by atoms with E-state index in [1.807, 2.05) is 0 Å². The number of thiophene rings is 1. The van der Waals surface area contributed by atoms with Gasteiger partial charge in [-0.25, -0.2) is 4.98 Å². The van der Waals surface area contributed by atoms with Crippen molar-refractivity contribution in [2.75, 3.05) is 5.73 Å². The zero-order chi connectivity index (χ0) is 29.6. The molecule has 0 unspecified atom stereocenters. The van der Waals surface area contributed by atoms with E-state index in [4.69, 9.17) is 10.3 Å². The minimum atomic E-state index is -4.89. The fraction of sp³-hybridized carbons (Fsp3) is 0.148. The van der Waals surface area contributed by atoms with Gasteiger partial charge in [0.2, 0.25) is 5.69 Å². The number of fused-ring (bicyclic) bond motifs is 1. The number of aromatic nitrogens is 3. The molecule has 210 valence electrons. The Bertz CT molecular complexity index is 1820. The first-order chi connectivity index (χ1) is 19.3. The number of ether oxygens (including phenoxy) is 1. The van der Waals surface area contributed by atoms with Gasteiger partial charge in [-0.2, -0.15) is 0 Å². The monoisotopic (exact) mass is 646 g/mol. The molecule has 14 heteroatoms. The fourth-order valence-corrected chi connectivity index (χ4v) is 5.76. The standard InChI is InChI=1S/C27H18BrF3N4O5S/c1-12-18(11-19(36)14-3-5-15(28)6-4-14)13(2)33-25-20(12)21(32)24(41-25)23(37)22-26(38)40-34-35(22)16-7-9-17(10-8-16)39-27(29,30)31/h3-10H,11H2,1-2H3,(H2-,32,34,37,38). The quantitative estimate of drug-likeness (QED) is 0.189. The summed E-state index contributed by atoms with van der Waals surface area (Å²) in [5.41, 5.74) is 8.51. The average Bonchev–Trinajstić information content (AvgIpc) is 3.45. The van der Waals surface area contributed by atoms with E-state index < -0.39 is 29.5 Å². The number of pyridine rings is 1. The third-order valence-corrected chi connectivity index (χ3v) is 7.94. The maximum Gasteiger partial charge on any atom is 0.573 e. The number of Topliss-reactive ketones (excluding diaryl/α,β-unsaturated/α-hetero) is 1. The zero-order valence-electron chi connectivity index (χ0n) is 21.2. The molecule has 0 spiro atoms. The van der Waals surface area contributed by atoms with E-state index in [-0.39, 0.29) is 28.5 Å². The molecule has 0 fully saturated rings. The molecule has 2 aromatic carbocycles. The number of carbonyl (C=O) groups excluding carboxylic acids is 2. The summed E-state index contributed by atoms with van der Waals surface area (Å²) >= 11 is 4.31. The first-order valence-electron chi connectivity index (χ1n) is 11.8. The molecule has 0 aliphatic rings. The minimum Gasteiger partial charge on any atom is -0.539 e. The highest BCUT2D eigenvalue weighted by molar-refractivity contribution is 9.10. The van der Waals surface area contributed by atoms with Crippen LogP contribution in [-0.2, 0) is 6.42 Å². The van der Waals surface area contributed by atoms with Crippen LogP contribution in [0.5, 0.6) is 11.7 Å². The number of nitrogens with two attached hydrogens (primary N) is 1. The molecule has 0 amide bonds. The van der Waals surface area contributed by atoms with Crippen molar-refractivity contribution in [2.24, 2.45) is 0 Å². The Hall–Kier alpha value is -4.30. The van der Waals surface area contributed by atoms with E-state index in [1.165, 1.54) is 12.1 Å². The number of anilines is 1. The van der Waals surface area contributed by atoms with Gasteiger partial charge in [-0.1, -0.05) is 28.1 Å². The summed E-state index contributed by atoms with van der Waals surface area (Å²) < 4.78 is 47.8. The van der Waals surface area contributed by atoms with Crippen LogP contribution in [0.25, 0.3) is 15.9 Å². The number of alkyl halides is 3. The summed E-state index contributed by atoms with van der Waals surface area (Å²) in [5, 5.41) is 16.6. The molecule has 0 saturated heterocycles. The van der Waals surface area contributed by atoms with Crippen molar-refractivity contribution in [1.29, 1.82) is 0 Å². The van der Waals surface area contributed by atoms with Crippen LogP contribution in [0.15, 0.2) is 57.5 Å². The van der Waals surface area contributed by atoms with Gasteiger partial charge in [-0.3, -0.25) is 9.59 Å². The number of hydrogen-bond donors (Lipinski definition) is 1. The number of nitrogen functional groups attached to an aromatic ring is 1. The number of rotatable bonds is 7. The number of ketones is 2. The molecule has 0 aliphatic heterocycles. The Kier molecular flexibility index (Phi) is 7.30. The second-order valence-electron chi connectivity index (χ2n) is 8.92. The van der Waals surface area contributed by atoms with Gasteiger partial charge in [0.1, 0.15) is 15.5 Å². The molecule has 0 aliphatic carbocycles. The smallest absolute Gasteiger partial charge is 0.539 e. The van der Waals surface area contributed by atoms with Gasteiger partial charge in [-0.15, -0.1) is 24.5 Å². The van der Waals surface area contributed by atoms with E-state index in [9.17, 15) is 27.9 Å². The van der Waals surface area contributed by atoms with E-state index in [0.29, 0.717) is 32.6 Å². The van der Waals surface area contributed by atoms with Gasteiger partial charge in [0.05, 0.1) is 11.0 Å². The van der Waals surface area contributed by atoms with Gasteiger partial charge in [-0.05, 0) is 53.9 Å². The predicted octanol–water partition coefficient (Wildman–Crippen LogP) is 5.15. The zero-order valence-corrected chi connectivity index (χ0v) is 23.6. The van der Waals surface area contributed by atoms with Crippen molar-refractivity contribution >= 4 is 54.7 Å². The highest BCUT2D eigenvalue weighted by Gasteiger charge is 2.34. The van der Waals surface area contributed by atoms with Crippen molar-refractivity contribution in [1.82, 2.24) is 10.3 Å². The maximum atomic E-state index is 13.6. The van der Waals surface area contributed by atoms with Gasteiger partial charge in [0.15, 0.2) is 11.7 Å². The summed E-state index contributed by atoms with van der Waals surface area (Å²) in [5.74, 6) is -2.50. The van der Waals surface area contributed by atoms with Gasteiger partial charge in [0.25, 0.3) is 5.78 Å². The molecule has 5 aromatic rings. The van der Waals surface area contributed by atoms with Crippen molar-refractivity contribution in [3.63, 3.8) is 0 Å². The lowest BCUT2D eigenvalue weighted by atomic mass is 9.96. The van der Waals surface area contributed by atoms with Crippen LogP contribution in [0.4, 0.5) is 18.9 Å². The molecule has 0 radical (unpaired) electrons. The van der Waals surface area contributed by atoms with Crippen molar-refractivity contribution < 1.29 is 41.8 Å². The highest BCUT2D eigenvalue weighted by atomic mass is 79.9. The van der Waals surface area contributed by atoms with Gasteiger partial charge in [0, 0.05) is 39.7 Å². The summed E-state index contributed by atoms with van der Waals surface area (Å²) in [6, 6.07) is 11.3. The average molecular weight is 647 g/mol. The maximum absolute atomic E-state index is 13.6. The Morgan fingerprint density at radius 3 is 2.41 bits per heavy atom. The minimum absolute atomic E-state index is 0.00235. The van der Waals surface area contributed by atoms with Crippen molar-refractivity contribution in [2.45, 2.75) is 26.6 Å². The number of halogens is 4. The molecular formula is C27H18BrF3N4O5S. The molecule has 3 heterocycles. The van der Waals surface area contributed by atoms with Crippen LogP contribution in [0.1, 0.15) is 42.5 Å². The molecule has 3 aromatic heterocycles. The van der Waals surface area contributed by atoms with Gasteiger partial charge < -0.3 is 20.1 Å². The van der Waals surface area contributed by atoms with E-state index in [2.05, 4.69) is 30.9 Å². The molecule has 9 nitrogen and oxygen atoms in total. The number of carbonyl (C=O) groups is 2. The number of nitrogens with zero attached hydrogens (tertiary/aromatic N) is 3. The second-order valence-corrected chi connectivity index (χ2v) is 10.8. The molecule has 41 heavy (non-hydrogen) atoms. The van der Waals surface area contributed by atoms with Crippen LogP contribution >= 0.6 is 27.3 Å². The SMILES string of the molecule is Cc1nc2sc(C(=O)c3c([O-])on[n+]3-c3ccc(OC(F)(F)F)cc3)c(N)c2c(C)c1CC(=O)c1ccc(Br)cc1. The van der Waals surface area contributed by atoms with Crippen LogP contribution in [0.2, 0.25) is 0 Å². The van der Waals surface area contributed by atoms with Crippen LogP contribution in [-0.4, -0.2) is 28.2 Å². The first kappa shape index (κ1) is 28.2. The third-order valence-electron chi connectivity index (χ3n) is 6.31. The predicted molar refractivity (Wildman–Crippen MR) is 143 cm³/mol. The van der Waals surface area contributed by atoms with E-state index >= 15 is 0 Å². The molecule has 2 N–H and O–H groups in total. The Balaban J connectivity index is 1.51. The van der Waals surface area contributed by atoms with Crippen molar-refractivity contribution in [3.05, 3.63) is 86.0 Å². The fourth-order valence-electron chi connectivity index (χ4n) is 4.35. The van der Waals surface area contributed by atoms with Crippen molar-refractivity contribution in [3.8, 4) is 17.4 Å². The third kappa shape index (κ3) is 5.52. The number of aryl methyl sites for hydroxylation is 2. The Labute approximate surface area is 242 Å². The van der Waals surface area contributed by atoms with Crippen LogP contribution in [0.3, 0.4) is 0 Å². The Morgan fingerprint density at radius 2 is 1.78 bits per heavy atom. The van der Waals surface area contributed by atoms with Gasteiger partial charge >= 0.3 is 12.1 Å². The normalized spacial score (nSPS) is 11.7. The lowest BCUT2D eigenvalue weighted by molar-refractivity contribution is -0.672. The topological polar surface area (TPSA) is 135 Å². The van der Waals surface area contributed by atoms with Crippen LogP contribution in [0, 0.1) is 13.8 Å². The Morgan fingerprint density at radius 1 is 1.12 bits per heavy atom. The summed E-state index contributed by atoms with van der Waals surface area (Å²) in [6.45, 7) is 3.53. The molecular weight excluding hydrogens is 629 g/mol. The lowest BCUT2D eigenvalue weighted by Gasteiger charge is -2.11. The highest BCUT2D eigenvalue weighted by Crippen LogP contribution is 2.38. The largest absolute Gasteiger partial charge is 0.573 e. The van der Waals surface area contributed by atoms with E-state index in [1.54, 1.807) is 38.1 Å². The first-order valence-corrected chi connectivity index (χ1v) is 13.4. The summed E-state index contributed by atoms with van der Waals surface area (Å²) in [6.07, 6.45) is -4.83. The molecule has 0 atom stereocenters. The molecule has 5 rings (SSSR count). The second kappa shape index (κ2) is 10.6.